The van der Waals surface area contributed by atoms with Crippen molar-refractivity contribution in [2.24, 2.45) is 0 Å². The van der Waals surface area contributed by atoms with Crippen molar-refractivity contribution in [1.82, 2.24) is 0 Å². The van der Waals surface area contributed by atoms with E-state index in [0.29, 0.717) is 6.42 Å². The number of carbonyl (C=O) groups excluding carboxylic acids is 1. The largest absolute Gasteiger partial charge is 0.495 e. The van der Waals surface area contributed by atoms with E-state index in [1.165, 1.54) is 4.90 Å². The van der Waals surface area contributed by atoms with Crippen molar-refractivity contribution in [2.45, 2.75) is 6.42 Å². The van der Waals surface area contributed by atoms with Crippen LogP contribution >= 0.6 is 0 Å². The molecule has 0 atom stereocenters. The van der Waals surface area contributed by atoms with Crippen molar-refractivity contribution in [3.8, 4) is 5.75 Å². The number of para-hydroxylation sites is 3. The number of methoxy groups -OCH3 is 1. The van der Waals surface area contributed by atoms with Crippen LogP contribution in [0.2, 0.25) is 0 Å². The third-order valence-corrected chi connectivity index (χ3v) is 4.66. The molecule has 25 heavy (non-hydrogen) atoms. The van der Waals surface area contributed by atoms with E-state index in [2.05, 4.69) is 16.3 Å². The molecule has 0 spiro atoms. The monoisotopic (exact) mass is 340 g/mol. The Morgan fingerprint density at radius 1 is 1.08 bits per heavy atom. The smallest absolute Gasteiger partial charge is 0.230 e. The molecule has 5 heteroatoms. The van der Waals surface area contributed by atoms with Crippen LogP contribution in [0.5, 0.6) is 5.75 Å². The molecule has 2 aromatic carbocycles. The number of nitrogens with zero attached hydrogens (tertiary/aromatic N) is 1. The molecular weight excluding hydrogens is 314 g/mol. The van der Waals surface area contributed by atoms with E-state index in [1.807, 2.05) is 48.5 Å². The predicted molar refractivity (Wildman–Crippen MR) is 100 cm³/mol. The van der Waals surface area contributed by atoms with Crippen molar-refractivity contribution in [1.29, 1.82) is 0 Å². The highest BCUT2D eigenvalue weighted by Gasteiger charge is 2.22. The van der Waals surface area contributed by atoms with Crippen LogP contribution in [0.1, 0.15) is 6.42 Å². The van der Waals surface area contributed by atoms with Crippen LogP contribution in [0, 0.1) is 0 Å². The summed E-state index contributed by atoms with van der Waals surface area (Å²) in [5.41, 5.74) is 2.02. The maximum atomic E-state index is 12.1. The van der Waals surface area contributed by atoms with Crippen LogP contribution < -0.4 is 19.9 Å². The first kappa shape index (κ1) is 17.3. The molecule has 3 rings (SSSR count). The van der Waals surface area contributed by atoms with E-state index in [9.17, 15) is 4.79 Å². The number of nitrogens with one attached hydrogen (secondary N) is 2. The lowest BCUT2D eigenvalue weighted by molar-refractivity contribution is -0.900. The predicted octanol–water partition coefficient (Wildman–Crippen LogP) is 1.43. The topological polar surface area (TPSA) is 46.0 Å². The molecule has 1 saturated heterocycles. The van der Waals surface area contributed by atoms with Crippen LogP contribution in [0.3, 0.4) is 0 Å². The molecule has 0 radical (unpaired) electrons. The normalized spacial score (nSPS) is 15.0. The van der Waals surface area contributed by atoms with Gasteiger partial charge in [-0.3, -0.25) is 4.79 Å². The summed E-state index contributed by atoms with van der Waals surface area (Å²) in [6.07, 6.45) is 0.554. The lowest BCUT2D eigenvalue weighted by Gasteiger charge is -2.34. The molecule has 1 heterocycles. The highest BCUT2D eigenvalue weighted by molar-refractivity contribution is 5.90. The van der Waals surface area contributed by atoms with Crippen LogP contribution in [0.15, 0.2) is 54.6 Å². The number of amides is 1. The number of carbonyl (C=O) groups is 1. The van der Waals surface area contributed by atoms with Gasteiger partial charge in [-0.25, -0.2) is 0 Å². The summed E-state index contributed by atoms with van der Waals surface area (Å²) in [5.74, 6) is 1.01. The molecule has 1 fully saturated rings. The van der Waals surface area contributed by atoms with E-state index in [-0.39, 0.29) is 5.91 Å². The van der Waals surface area contributed by atoms with Gasteiger partial charge in [0.15, 0.2) is 0 Å². The molecular formula is C20H26N3O2+. The molecule has 5 nitrogen and oxygen atoms in total. The van der Waals surface area contributed by atoms with Crippen LogP contribution in [-0.2, 0) is 4.79 Å². The van der Waals surface area contributed by atoms with Crippen LogP contribution in [0.4, 0.5) is 11.4 Å². The van der Waals surface area contributed by atoms with Crippen LogP contribution in [-0.4, -0.2) is 45.7 Å². The van der Waals surface area contributed by atoms with Gasteiger partial charge in [-0.1, -0.05) is 30.3 Å². The van der Waals surface area contributed by atoms with Crippen molar-refractivity contribution in [3.63, 3.8) is 0 Å². The Morgan fingerprint density at radius 2 is 1.76 bits per heavy atom. The summed E-state index contributed by atoms with van der Waals surface area (Å²) in [6.45, 7) is 4.91. The number of quaternary nitrogens is 1. The summed E-state index contributed by atoms with van der Waals surface area (Å²) in [4.78, 5) is 15.9. The Bertz CT molecular complexity index is 682. The second kappa shape index (κ2) is 8.53. The van der Waals surface area contributed by atoms with E-state index < -0.39 is 0 Å². The summed E-state index contributed by atoms with van der Waals surface area (Å²) >= 11 is 0. The summed E-state index contributed by atoms with van der Waals surface area (Å²) < 4.78 is 5.46. The van der Waals surface area contributed by atoms with E-state index >= 15 is 0 Å². The van der Waals surface area contributed by atoms with Gasteiger partial charge < -0.3 is 19.9 Å². The van der Waals surface area contributed by atoms with Crippen molar-refractivity contribution in [2.75, 3.05) is 50.1 Å². The maximum Gasteiger partial charge on any atom is 0.230 e. The minimum Gasteiger partial charge on any atom is -0.495 e. The van der Waals surface area contributed by atoms with Gasteiger partial charge in [0.1, 0.15) is 5.75 Å². The number of hydrogen-bond donors (Lipinski definition) is 2. The Kier molecular flexibility index (Phi) is 5.90. The minimum atomic E-state index is 0.0888. The van der Waals surface area contributed by atoms with Gasteiger partial charge >= 0.3 is 0 Å². The molecule has 1 amide bonds. The van der Waals surface area contributed by atoms with Crippen molar-refractivity contribution in [3.05, 3.63) is 54.6 Å². The molecule has 2 aromatic rings. The van der Waals surface area contributed by atoms with Gasteiger partial charge in [0.2, 0.25) is 5.91 Å². The molecule has 132 valence electrons. The Hall–Kier alpha value is -2.53. The number of hydrogen-bond acceptors (Lipinski definition) is 3. The zero-order valence-corrected chi connectivity index (χ0v) is 14.7. The Balaban J connectivity index is 1.44. The third-order valence-electron chi connectivity index (χ3n) is 4.66. The first-order valence-corrected chi connectivity index (χ1v) is 8.82. The van der Waals surface area contributed by atoms with Crippen LogP contribution in [0.25, 0.3) is 0 Å². The quantitative estimate of drug-likeness (QED) is 0.836. The fourth-order valence-corrected chi connectivity index (χ4v) is 3.24. The second-order valence-corrected chi connectivity index (χ2v) is 6.32. The SMILES string of the molecule is COc1ccccc1N1CC[NH+](CCC(=O)Nc2ccccc2)CC1. The Labute approximate surface area is 149 Å². The summed E-state index contributed by atoms with van der Waals surface area (Å²) in [5, 5.41) is 2.95. The number of ether oxygens (including phenoxy) is 1. The first-order valence-electron chi connectivity index (χ1n) is 8.82. The molecule has 0 saturated carbocycles. The van der Waals surface area contributed by atoms with Gasteiger partial charge in [-0.15, -0.1) is 0 Å². The number of anilines is 2. The fourth-order valence-electron chi connectivity index (χ4n) is 3.24. The highest BCUT2D eigenvalue weighted by Crippen LogP contribution is 2.27. The standard InChI is InChI=1S/C20H25N3O2/c1-25-19-10-6-5-9-18(19)23-15-13-22(14-16-23)12-11-20(24)21-17-7-3-2-4-8-17/h2-10H,11-16H2,1H3,(H,21,24)/p+1. The molecule has 2 N–H and O–H groups in total. The van der Waals surface area contributed by atoms with Crippen molar-refractivity contribution < 1.29 is 14.4 Å². The number of benzene rings is 2. The lowest BCUT2D eigenvalue weighted by Crippen LogP contribution is -3.15. The summed E-state index contributed by atoms with van der Waals surface area (Å²) in [6, 6.07) is 17.8. The van der Waals surface area contributed by atoms with Gasteiger partial charge in [-0.05, 0) is 24.3 Å². The molecule has 0 aromatic heterocycles. The number of rotatable bonds is 6. The van der Waals surface area contributed by atoms with Gasteiger partial charge in [0, 0.05) is 5.69 Å². The first-order chi connectivity index (χ1) is 12.3. The molecule has 0 aliphatic carbocycles. The lowest BCUT2D eigenvalue weighted by atomic mass is 10.2. The number of piperazine rings is 1. The van der Waals surface area contributed by atoms with Gasteiger partial charge in [0.05, 0.1) is 51.9 Å². The highest BCUT2D eigenvalue weighted by atomic mass is 16.5. The Morgan fingerprint density at radius 3 is 2.48 bits per heavy atom. The van der Waals surface area contributed by atoms with E-state index in [1.54, 1.807) is 7.11 Å². The average molecular weight is 340 g/mol. The van der Waals surface area contributed by atoms with E-state index in [0.717, 1.165) is 49.8 Å². The van der Waals surface area contributed by atoms with Gasteiger partial charge in [0.25, 0.3) is 0 Å². The van der Waals surface area contributed by atoms with E-state index in [4.69, 9.17) is 4.74 Å². The zero-order chi connectivity index (χ0) is 17.5. The second-order valence-electron chi connectivity index (χ2n) is 6.32. The fraction of sp³-hybridized carbons (Fsp3) is 0.350. The molecule has 1 aliphatic heterocycles. The van der Waals surface area contributed by atoms with Gasteiger partial charge in [-0.2, -0.15) is 0 Å². The van der Waals surface area contributed by atoms with Crippen molar-refractivity contribution >= 4 is 17.3 Å². The third kappa shape index (κ3) is 4.73. The maximum absolute atomic E-state index is 12.1. The molecule has 0 bridgehead atoms. The zero-order valence-electron chi connectivity index (χ0n) is 14.7. The molecule has 0 unspecified atom stereocenters. The molecule has 1 aliphatic rings. The average Bonchev–Trinajstić information content (AvgIpc) is 2.67. The summed E-state index contributed by atoms with van der Waals surface area (Å²) in [7, 11) is 1.71. The minimum absolute atomic E-state index is 0.0888.